The highest BCUT2D eigenvalue weighted by Gasteiger charge is 2.12. The maximum atomic E-state index is 12.3. The highest BCUT2D eigenvalue weighted by atomic mass is 79.9. The van der Waals surface area contributed by atoms with Crippen LogP contribution in [-0.4, -0.2) is 5.91 Å². The Labute approximate surface area is 132 Å². The third kappa shape index (κ3) is 3.05. The van der Waals surface area contributed by atoms with E-state index in [0.717, 1.165) is 26.9 Å². The van der Waals surface area contributed by atoms with Gasteiger partial charge in [-0.15, -0.1) is 0 Å². The van der Waals surface area contributed by atoms with E-state index in [9.17, 15) is 4.79 Å². The summed E-state index contributed by atoms with van der Waals surface area (Å²) in [6.45, 7) is 5.87. The molecule has 0 saturated carbocycles. The molecule has 0 bridgehead atoms. The molecular weight excluding hydrogens is 338 g/mol. The lowest BCUT2D eigenvalue weighted by atomic mass is 10.1. The van der Waals surface area contributed by atoms with E-state index in [1.165, 1.54) is 0 Å². The normalized spacial score (nSPS) is 10.4. The van der Waals surface area contributed by atoms with Gasteiger partial charge < -0.3 is 5.32 Å². The van der Waals surface area contributed by atoms with Gasteiger partial charge in [0.1, 0.15) is 0 Å². The molecule has 20 heavy (non-hydrogen) atoms. The number of nitrogens with one attached hydrogen (secondary N) is 1. The summed E-state index contributed by atoms with van der Waals surface area (Å²) < 4.78 is 1.06. The van der Waals surface area contributed by atoms with Crippen LogP contribution < -0.4 is 5.32 Å². The number of hydrogen-bond acceptors (Lipinski definition) is 1. The average molecular weight is 353 g/mol. The van der Waals surface area contributed by atoms with Gasteiger partial charge in [0.25, 0.3) is 5.91 Å². The minimum atomic E-state index is -0.195. The Bertz CT molecular complexity index is 659. The second-order valence-corrected chi connectivity index (χ2v) is 5.99. The minimum absolute atomic E-state index is 0.195. The second kappa shape index (κ2) is 5.98. The quantitative estimate of drug-likeness (QED) is 0.782. The SMILES string of the molecule is Cc1cccc(C(=O)Nc2cc(C)c(Br)c(C)c2)c1Cl. The smallest absolute Gasteiger partial charge is 0.257 e. The fourth-order valence-electron chi connectivity index (χ4n) is 2.04. The minimum Gasteiger partial charge on any atom is -0.322 e. The van der Waals surface area contributed by atoms with Gasteiger partial charge in [-0.05, 0) is 55.7 Å². The van der Waals surface area contributed by atoms with Gasteiger partial charge >= 0.3 is 0 Å². The molecular formula is C16H15BrClNO. The Balaban J connectivity index is 2.30. The van der Waals surface area contributed by atoms with Crippen LogP contribution in [-0.2, 0) is 0 Å². The lowest BCUT2D eigenvalue weighted by molar-refractivity contribution is 0.102. The number of aryl methyl sites for hydroxylation is 3. The Morgan fingerprint density at radius 3 is 2.30 bits per heavy atom. The molecule has 0 heterocycles. The number of benzene rings is 2. The van der Waals surface area contributed by atoms with Crippen LogP contribution >= 0.6 is 27.5 Å². The first kappa shape index (κ1) is 15.1. The molecule has 4 heteroatoms. The number of hydrogen-bond donors (Lipinski definition) is 1. The van der Waals surface area contributed by atoms with Gasteiger partial charge in [0.2, 0.25) is 0 Å². The summed E-state index contributed by atoms with van der Waals surface area (Å²) in [5, 5.41) is 3.39. The van der Waals surface area contributed by atoms with Crippen LogP contribution in [0.25, 0.3) is 0 Å². The molecule has 1 N–H and O–H groups in total. The summed E-state index contributed by atoms with van der Waals surface area (Å²) in [5.74, 6) is -0.195. The van der Waals surface area contributed by atoms with Crippen LogP contribution in [0.2, 0.25) is 5.02 Å². The summed E-state index contributed by atoms with van der Waals surface area (Å²) in [7, 11) is 0. The lowest BCUT2D eigenvalue weighted by Crippen LogP contribution is -2.13. The van der Waals surface area contributed by atoms with Gasteiger partial charge in [0.05, 0.1) is 10.6 Å². The van der Waals surface area contributed by atoms with Gasteiger partial charge in [-0.2, -0.15) is 0 Å². The van der Waals surface area contributed by atoms with E-state index in [-0.39, 0.29) is 5.91 Å². The van der Waals surface area contributed by atoms with Crippen molar-refractivity contribution in [2.45, 2.75) is 20.8 Å². The Morgan fingerprint density at radius 2 is 1.70 bits per heavy atom. The van der Waals surface area contributed by atoms with Crippen molar-refractivity contribution < 1.29 is 4.79 Å². The topological polar surface area (TPSA) is 29.1 Å². The molecule has 1 amide bonds. The molecule has 0 aliphatic heterocycles. The molecule has 2 aromatic rings. The molecule has 104 valence electrons. The maximum absolute atomic E-state index is 12.3. The first-order valence-electron chi connectivity index (χ1n) is 6.23. The molecule has 0 unspecified atom stereocenters. The zero-order valence-corrected chi connectivity index (χ0v) is 13.9. The molecule has 0 atom stereocenters. The Kier molecular flexibility index (Phi) is 4.51. The van der Waals surface area contributed by atoms with Crippen LogP contribution in [0, 0.1) is 20.8 Å². The molecule has 0 radical (unpaired) electrons. The van der Waals surface area contributed by atoms with Crippen molar-refractivity contribution in [3.05, 3.63) is 62.1 Å². The number of carbonyl (C=O) groups excluding carboxylic acids is 1. The molecule has 0 aliphatic carbocycles. The predicted molar refractivity (Wildman–Crippen MR) is 87.8 cm³/mol. The van der Waals surface area contributed by atoms with Crippen molar-refractivity contribution in [2.24, 2.45) is 0 Å². The van der Waals surface area contributed by atoms with Crippen molar-refractivity contribution in [1.82, 2.24) is 0 Å². The van der Waals surface area contributed by atoms with Gasteiger partial charge in [-0.3, -0.25) is 4.79 Å². The number of amides is 1. The standard InChI is InChI=1S/C16H15BrClNO/c1-9-5-4-6-13(15(9)18)16(20)19-12-7-10(2)14(17)11(3)8-12/h4-8H,1-3H3,(H,19,20). The summed E-state index contributed by atoms with van der Waals surface area (Å²) in [6.07, 6.45) is 0. The fourth-order valence-corrected chi connectivity index (χ4v) is 2.48. The van der Waals surface area contributed by atoms with E-state index < -0.39 is 0 Å². The van der Waals surface area contributed by atoms with Crippen LogP contribution in [0.3, 0.4) is 0 Å². The Morgan fingerprint density at radius 1 is 1.10 bits per heavy atom. The van der Waals surface area contributed by atoms with Gasteiger partial charge in [-0.1, -0.05) is 39.7 Å². The van der Waals surface area contributed by atoms with Gasteiger partial charge in [0.15, 0.2) is 0 Å². The molecule has 0 aromatic heterocycles. The highest BCUT2D eigenvalue weighted by molar-refractivity contribution is 9.10. The molecule has 0 fully saturated rings. The van der Waals surface area contributed by atoms with Crippen molar-refractivity contribution in [3.63, 3.8) is 0 Å². The second-order valence-electron chi connectivity index (χ2n) is 4.81. The highest BCUT2D eigenvalue weighted by Crippen LogP contribution is 2.26. The monoisotopic (exact) mass is 351 g/mol. The number of halogens is 2. The molecule has 2 nitrogen and oxygen atoms in total. The fraction of sp³-hybridized carbons (Fsp3) is 0.188. The summed E-state index contributed by atoms with van der Waals surface area (Å²) >= 11 is 9.69. The van der Waals surface area contributed by atoms with Gasteiger partial charge in [-0.25, -0.2) is 0 Å². The van der Waals surface area contributed by atoms with E-state index >= 15 is 0 Å². The van der Waals surface area contributed by atoms with E-state index in [4.69, 9.17) is 11.6 Å². The lowest BCUT2D eigenvalue weighted by Gasteiger charge is -2.11. The van der Waals surface area contributed by atoms with Crippen LogP contribution in [0.5, 0.6) is 0 Å². The molecule has 2 rings (SSSR count). The predicted octanol–water partition coefficient (Wildman–Crippen LogP) is 5.28. The summed E-state index contributed by atoms with van der Waals surface area (Å²) in [4.78, 5) is 12.3. The first-order chi connectivity index (χ1) is 9.40. The number of carbonyl (C=O) groups is 1. The van der Waals surface area contributed by atoms with Crippen molar-refractivity contribution in [3.8, 4) is 0 Å². The number of rotatable bonds is 2. The van der Waals surface area contributed by atoms with Gasteiger partial charge in [0, 0.05) is 10.2 Å². The van der Waals surface area contributed by atoms with Crippen molar-refractivity contribution in [1.29, 1.82) is 0 Å². The van der Waals surface area contributed by atoms with Crippen molar-refractivity contribution in [2.75, 3.05) is 5.32 Å². The molecule has 0 saturated heterocycles. The zero-order valence-electron chi connectivity index (χ0n) is 11.6. The Hall–Kier alpha value is -1.32. The largest absolute Gasteiger partial charge is 0.322 e. The van der Waals surface area contributed by atoms with E-state index in [0.29, 0.717) is 10.6 Å². The molecule has 0 spiro atoms. The molecule has 2 aromatic carbocycles. The molecule has 0 aliphatic rings. The van der Waals surface area contributed by atoms with Crippen LogP contribution in [0.1, 0.15) is 27.0 Å². The van der Waals surface area contributed by atoms with Crippen LogP contribution in [0.4, 0.5) is 5.69 Å². The van der Waals surface area contributed by atoms with E-state index in [1.54, 1.807) is 6.07 Å². The summed E-state index contributed by atoms with van der Waals surface area (Å²) in [6, 6.07) is 9.29. The third-order valence-corrected chi connectivity index (χ3v) is 4.88. The summed E-state index contributed by atoms with van der Waals surface area (Å²) in [5.41, 5.74) is 4.31. The van der Waals surface area contributed by atoms with E-state index in [2.05, 4.69) is 21.2 Å². The zero-order chi connectivity index (χ0) is 14.9. The first-order valence-corrected chi connectivity index (χ1v) is 7.40. The average Bonchev–Trinajstić information content (AvgIpc) is 2.39. The maximum Gasteiger partial charge on any atom is 0.257 e. The van der Waals surface area contributed by atoms with Crippen LogP contribution in [0.15, 0.2) is 34.8 Å². The number of anilines is 1. The van der Waals surface area contributed by atoms with Crippen molar-refractivity contribution >= 4 is 39.1 Å². The van der Waals surface area contributed by atoms with E-state index in [1.807, 2.05) is 45.0 Å². The third-order valence-electron chi connectivity index (χ3n) is 3.13.